The number of carbonyl (C=O) groups excluding carboxylic acids is 1. The number of halogens is 2. The predicted octanol–water partition coefficient (Wildman–Crippen LogP) is 4.82. The lowest BCUT2D eigenvalue weighted by atomic mass is 10.2. The van der Waals surface area contributed by atoms with E-state index in [0.717, 1.165) is 20.0 Å². The van der Waals surface area contributed by atoms with Crippen LogP contribution in [0, 0.1) is 6.92 Å². The van der Waals surface area contributed by atoms with Crippen molar-refractivity contribution in [3.05, 3.63) is 87.4 Å². The minimum absolute atomic E-state index is 0.0754. The maximum atomic E-state index is 13.4. The van der Waals surface area contributed by atoms with Crippen LogP contribution in [0.2, 0.25) is 5.02 Å². The van der Waals surface area contributed by atoms with Crippen LogP contribution >= 0.6 is 27.5 Å². The lowest BCUT2D eigenvalue weighted by Crippen LogP contribution is -2.40. The monoisotopic (exact) mass is 562 g/mol. The Morgan fingerprint density at radius 2 is 1.74 bits per heavy atom. The van der Waals surface area contributed by atoms with E-state index in [2.05, 4.69) is 26.5 Å². The van der Waals surface area contributed by atoms with E-state index in [0.29, 0.717) is 16.3 Å². The molecule has 0 unspecified atom stereocenters. The average Bonchev–Trinajstić information content (AvgIpc) is 2.78. The van der Waals surface area contributed by atoms with E-state index in [1.807, 2.05) is 37.2 Å². The standard InChI is InChI=1S/C24H24BrClN4O3S/c1-17-13-19(26)10-12-22(17)30(34(32,33)20-7-5-4-6-8-20)16-24(31)28-27-15-18-9-11-23(29(2)3)21(25)14-18/h4-15H,16H2,1-3H3,(H,28,31)/b27-15-. The molecule has 0 bridgehead atoms. The number of benzene rings is 3. The number of rotatable bonds is 8. The normalized spacial score (nSPS) is 11.4. The van der Waals surface area contributed by atoms with E-state index in [1.165, 1.54) is 18.3 Å². The third-order valence-corrected chi connectivity index (χ3v) is 7.55. The van der Waals surface area contributed by atoms with Crippen LogP contribution < -0.4 is 14.6 Å². The highest BCUT2D eigenvalue weighted by molar-refractivity contribution is 9.10. The highest BCUT2D eigenvalue weighted by Crippen LogP contribution is 2.29. The number of carbonyl (C=O) groups is 1. The molecule has 0 fully saturated rings. The molecule has 10 heteroatoms. The van der Waals surface area contributed by atoms with Gasteiger partial charge in [0.15, 0.2) is 0 Å². The molecule has 0 aromatic heterocycles. The number of anilines is 2. The second kappa shape index (κ2) is 11.0. The summed E-state index contributed by atoms with van der Waals surface area (Å²) in [6.45, 7) is 1.28. The molecule has 0 aliphatic heterocycles. The van der Waals surface area contributed by atoms with Crippen molar-refractivity contribution < 1.29 is 13.2 Å². The first-order valence-electron chi connectivity index (χ1n) is 10.2. The van der Waals surface area contributed by atoms with Gasteiger partial charge >= 0.3 is 0 Å². The predicted molar refractivity (Wildman–Crippen MR) is 141 cm³/mol. The summed E-state index contributed by atoms with van der Waals surface area (Å²) in [7, 11) is -0.141. The number of aryl methyl sites for hydroxylation is 1. The van der Waals surface area contributed by atoms with Gasteiger partial charge in [-0.3, -0.25) is 9.10 Å². The second-order valence-electron chi connectivity index (χ2n) is 7.65. The fourth-order valence-electron chi connectivity index (χ4n) is 3.23. The first-order valence-corrected chi connectivity index (χ1v) is 12.8. The van der Waals surface area contributed by atoms with Crippen molar-refractivity contribution >= 4 is 61.1 Å². The molecule has 3 rings (SSSR count). The van der Waals surface area contributed by atoms with Crippen LogP contribution in [0.4, 0.5) is 11.4 Å². The molecular formula is C24H24BrClN4O3S. The van der Waals surface area contributed by atoms with Crippen molar-refractivity contribution in [2.24, 2.45) is 5.10 Å². The van der Waals surface area contributed by atoms with E-state index in [9.17, 15) is 13.2 Å². The number of amides is 1. The Morgan fingerprint density at radius 1 is 1.06 bits per heavy atom. The van der Waals surface area contributed by atoms with Gasteiger partial charge in [0.2, 0.25) is 0 Å². The zero-order chi connectivity index (χ0) is 24.9. The smallest absolute Gasteiger partial charge is 0.264 e. The van der Waals surface area contributed by atoms with Gasteiger partial charge < -0.3 is 4.90 Å². The number of sulfonamides is 1. The molecule has 3 aromatic carbocycles. The minimum Gasteiger partial charge on any atom is -0.377 e. The lowest BCUT2D eigenvalue weighted by molar-refractivity contribution is -0.119. The average molecular weight is 564 g/mol. The summed E-state index contributed by atoms with van der Waals surface area (Å²) in [5.41, 5.74) is 5.16. The molecule has 0 aliphatic carbocycles. The molecular weight excluding hydrogens is 540 g/mol. The van der Waals surface area contributed by atoms with Gasteiger partial charge in [-0.2, -0.15) is 5.10 Å². The highest BCUT2D eigenvalue weighted by Gasteiger charge is 2.28. The summed E-state index contributed by atoms with van der Waals surface area (Å²) in [5.74, 6) is -0.589. The lowest BCUT2D eigenvalue weighted by Gasteiger charge is -2.25. The summed E-state index contributed by atoms with van der Waals surface area (Å²) >= 11 is 9.56. The van der Waals surface area contributed by atoms with Crippen LogP contribution in [-0.4, -0.2) is 41.2 Å². The van der Waals surface area contributed by atoms with Crippen LogP contribution in [0.3, 0.4) is 0 Å². The molecule has 0 radical (unpaired) electrons. The first kappa shape index (κ1) is 25.7. The van der Waals surface area contributed by atoms with Crippen LogP contribution in [-0.2, 0) is 14.8 Å². The van der Waals surface area contributed by atoms with Crippen LogP contribution in [0.5, 0.6) is 0 Å². The van der Waals surface area contributed by atoms with Gasteiger partial charge in [-0.1, -0.05) is 35.9 Å². The Bertz CT molecular complexity index is 1320. The quantitative estimate of drug-likeness (QED) is 0.315. The Kier molecular flexibility index (Phi) is 8.35. The summed E-state index contributed by atoms with van der Waals surface area (Å²) in [5, 5.41) is 4.46. The van der Waals surface area contributed by atoms with E-state index < -0.39 is 22.5 Å². The summed E-state index contributed by atoms with van der Waals surface area (Å²) in [6.07, 6.45) is 1.49. The molecule has 0 aliphatic rings. The van der Waals surface area contributed by atoms with Crippen molar-refractivity contribution in [3.63, 3.8) is 0 Å². The summed E-state index contributed by atoms with van der Waals surface area (Å²) in [4.78, 5) is 14.8. The maximum Gasteiger partial charge on any atom is 0.264 e. The molecule has 0 atom stereocenters. The third-order valence-electron chi connectivity index (χ3n) is 4.90. The van der Waals surface area contributed by atoms with E-state index in [4.69, 9.17) is 11.6 Å². The van der Waals surface area contributed by atoms with Gasteiger partial charge in [-0.05, 0) is 76.4 Å². The Labute approximate surface area is 213 Å². The van der Waals surface area contributed by atoms with Crippen LogP contribution in [0.15, 0.2) is 81.2 Å². The Hall–Kier alpha value is -2.88. The zero-order valence-corrected chi connectivity index (χ0v) is 22.0. The SMILES string of the molecule is Cc1cc(Cl)ccc1N(CC(=O)N/N=C\c1ccc(N(C)C)c(Br)c1)S(=O)(=O)c1ccccc1. The second-order valence-corrected chi connectivity index (χ2v) is 10.8. The van der Waals surface area contributed by atoms with Crippen LogP contribution in [0.1, 0.15) is 11.1 Å². The van der Waals surface area contributed by atoms with E-state index in [-0.39, 0.29) is 4.90 Å². The number of hydrazone groups is 1. The van der Waals surface area contributed by atoms with Crippen molar-refractivity contribution in [2.45, 2.75) is 11.8 Å². The third kappa shape index (κ3) is 6.16. The Morgan fingerprint density at radius 3 is 2.35 bits per heavy atom. The molecule has 0 saturated heterocycles. The number of hydrogen-bond acceptors (Lipinski definition) is 5. The van der Waals surface area contributed by atoms with E-state index in [1.54, 1.807) is 43.3 Å². The summed E-state index contributed by atoms with van der Waals surface area (Å²) < 4.78 is 28.7. The molecule has 3 aromatic rings. The molecule has 1 N–H and O–H groups in total. The fourth-order valence-corrected chi connectivity index (χ4v) is 5.71. The topological polar surface area (TPSA) is 82.1 Å². The largest absolute Gasteiger partial charge is 0.377 e. The molecule has 178 valence electrons. The molecule has 1 amide bonds. The van der Waals surface area contributed by atoms with Crippen molar-refractivity contribution in [1.29, 1.82) is 0 Å². The van der Waals surface area contributed by atoms with Gasteiger partial charge in [-0.15, -0.1) is 0 Å². The zero-order valence-electron chi connectivity index (χ0n) is 18.9. The van der Waals surface area contributed by atoms with Crippen LogP contribution in [0.25, 0.3) is 0 Å². The number of nitrogens with one attached hydrogen (secondary N) is 1. The Balaban J connectivity index is 1.83. The summed E-state index contributed by atoms with van der Waals surface area (Å²) in [6, 6.07) is 18.4. The maximum absolute atomic E-state index is 13.4. The number of hydrogen-bond donors (Lipinski definition) is 1. The van der Waals surface area contributed by atoms with Gasteiger partial charge in [-0.25, -0.2) is 13.8 Å². The molecule has 34 heavy (non-hydrogen) atoms. The van der Waals surface area contributed by atoms with Gasteiger partial charge in [0.1, 0.15) is 6.54 Å². The van der Waals surface area contributed by atoms with Gasteiger partial charge in [0, 0.05) is 23.6 Å². The first-order chi connectivity index (χ1) is 16.1. The molecule has 0 saturated carbocycles. The molecule has 0 spiro atoms. The fraction of sp³-hybridized carbons (Fsp3) is 0.167. The van der Waals surface area contributed by atoms with Crippen molar-refractivity contribution in [2.75, 3.05) is 29.8 Å². The highest BCUT2D eigenvalue weighted by atomic mass is 79.9. The van der Waals surface area contributed by atoms with Gasteiger partial charge in [0.05, 0.1) is 22.5 Å². The number of nitrogens with zero attached hydrogens (tertiary/aromatic N) is 3. The van der Waals surface area contributed by atoms with E-state index >= 15 is 0 Å². The van der Waals surface area contributed by atoms with Crippen molar-refractivity contribution in [1.82, 2.24) is 5.43 Å². The molecule has 7 nitrogen and oxygen atoms in total. The van der Waals surface area contributed by atoms with Gasteiger partial charge in [0.25, 0.3) is 15.9 Å². The van der Waals surface area contributed by atoms with Crippen molar-refractivity contribution in [3.8, 4) is 0 Å². The minimum atomic E-state index is -4.01. The molecule has 0 heterocycles.